The molecule has 0 unspecified atom stereocenters. The van der Waals surface area contributed by atoms with Crippen LogP contribution in [-0.2, 0) is 6.54 Å². The second-order valence-electron chi connectivity index (χ2n) is 3.49. The Morgan fingerprint density at radius 2 is 1.93 bits per heavy atom. The number of rotatable bonds is 5. The van der Waals surface area contributed by atoms with Crippen molar-refractivity contribution in [3.8, 4) is 0 Å². The number of hydrogen-bond acceptors (Lipinski definition) is 3. The fourth-order valence-corrected chi connectivity index (χ4v) is 1.95. The monoisotopic (exact) mass is 270 g/mol. The van der Waals surface area contributed by atoms with Crippen LogP contribution in [0.15, 0.2) is 12.1 Å². The van der Waals surface area contributed by atoms with Crippen LogP contribution in [-0.4, -0.2) is 32.1 Å². The molecule has 90 valence electrons. The highest BCUT2D eigenvalue weighted by Crippen LogP contribution is 2.14. The first-order chi connectivity index (χ1) is 6.18. The Kier molecular flexibility index (Phi) is 11.1. The summed E-state index contributed by atoms with van der Waals surface area (Å²) >= 11 is 1.87. The first-order valence-corrected chi connectivity index (χ1v) is 5.41. The van der Waals surface area contributed by atoms with Crippen LogP contribution in [0.2, 0.25) is 0 Å². The van der Waals surface area contributed by atoms with Crippen molar-refractivity contribution >= 4 is 36.2 Å². The van der Waals surface area contributed by atoms with Gasteiger partial charge in [0.15, 0.2) is 0 Å². The maximum absolute atomic E-state index is 3.42. The average Bonchev–Trinajstić information content (AvgIpc) is 2.45. The third-order valence-electron chi connectivity index (χ3n) is 1.83. The number of halogens is 2. The summed E-state index contributed by atoms with van der Waals surface area (Å²) in [5.74, 6) is 0. The van der Waals surface area contributed by atoms with E-state index < -0.39 is 0 Å². The number of nitrogens with one attached hydrogen (secondary N) is 1. The molecule has 0 fully saturated rings. The summed E-state index contributed by atoms with van der Waals surface area (Å²) in [6, 6.07) is 4.37. The molecule has 0 aliphatic carbocycles. The first kappa shape index (κ1) is 17.6. The fourth-order valence-electron chi connectivity index (χ4n) is 1.09. The Morgan fingerprint density at radius 1 is 1.27 bits per heavy atom. The van der Waals surface area contributed by atoms with Gasteiger partial charge < -0.3 is 10.2 Å². The van der Waals surface area contributed by atoms with E-state index in [0.29, 0.717) is 0 Å². The number of aryl methyl sites for hydroxylation is 1. The van der Waals surface area contributed by atoms with Gasteiger partial charge in [-0.3, -0.25) is 0 Å². The minimum Gasteiger partial charge on any atom is -0.311 e. The van der Waals surface area contributed by atoms with Crippen molar-refractivity contribution in [3.05, 3.63) is 21.9 Å². The van der Waals surface area contributed by atoms with Crippen LogP contribution in [0.25, 0.3) is 0 Å². The van der Waals surface area contributed by atoms with Crippen LogP contribution in [0.4, 0.5) is 0 Å². The van der Waals surface area contributed by atoms with Crippen molar-refractivity contribution < 1.29 is 0 Å². The molecule has 1 heterocycles. The van der Waals surface area contributed by atoms with E-state index >= 15 is 0 Å². The molecule has 0 amide bonds. The van der Waals surface area contributed by atoms with Crippen molar-refractivity contribution in [2.24, 2.45) is 0 Å². The van der Waals surface area contributed by atoms with Crippen molar-refractivity contribution in [1.82, 2.24) is 10.2 Å². The maximum atomic E-state index is 3.42. The molecule has 0 saturated heterocycles. The van der Waals surface area contributed by atoms with Gasteiger partial charge in [0, 0.05) is 29.4 Å². The van der Waals surface area contributed by atoms with Crippen LogP contribution in [0.1, 0.15) is 9.75 Å². The standard InChI is InChI=1S/C10H18N2S.2ClH/c1-9-4-5-10(13-9)8-11-6-7-12(2)3;;/h4-5,11H,6-8H2,1-3H3;2*1H. The van der Waals surface area contributed by atoms with Crippen molar-refractivity contribution in [2.45, 2.75) is 13.5 Å². The largest absolute Gasteiger partial charge is 0.311 e. The van der Waals surface area contributed by atoms with Crippen LogP contribution in [0, 0.1) is 6.92 Å². The first-order valence-electron chi connectivity index (χ1n) is 4.59. The van der Waals surface area contributed by atoms with Gasteiger partial charge in [-0.2, -0.15) is 0 Å². The minimum absolute atomic E-state index is 0. The molecule has 5 heteroatoms. The van der Waals surface area contributed by atoms with Crippen molar-refractivity contribution in [1.29, 1.82) is 0 Å². The Balaban J connectivity index is 0. The second kappa shape index (κ2) is 9.43. The summed E-state index contributed by atoms with van der Waals surface area (Å²) in [5.41, 5.74) is 0. The van der Waals surface area contributed by atoms with Crippen LogP contribution >= 0.6 is 36.2 Å². The summed E-state index contributed by atoms with van der Waals surface area (Å²) in [6.45, 7) is 5.31. The second-order valence-corrected chi connectivity index (χ2v) is 4.86. The lowest BCUT2D eigenvalue weighted by atomic mass is 10.4. The molecule has 2 nitrogen and oxygen atoms in total. The lowest BCUT2D eigenvalue weighted by Crippen LogP contribution is -2.25. The highest BCUT2D eigenvalue weighted by Gasteiger charge is 1.95. The zero-order valence-corrected chi connectivity index (χ0v) is 11.9. The molecule has 0 aliphatic heterocycles. The molecule has 0 spiro atoms. The van der Waals surface area contributed by atoms with Crippen molar-refractivity contribution in [2.75, 3.05) is 27.2 Å². The highest BCUT2D eigenvalue weighted by atomic mass is 35.5. The topological polar surface area (TPSA) is 15.3 Å². The van der Waals surface area contributed by atoms with E-state index in [0.717, 1.165) is 19.6 Å². The Labute approximate surface area is 109 Å². The predicted octanol–water partition coefficient (Wildman–Crippen LogP) is 2.55. The molecule has 0 atom stereocenters. The minimum atomic E-state index is 0. The fraction of sp³-hybridized carbons (Fsp3) is 0.600. The number of likely N-dealkylation sites (N-methyl/N-ethyl adjacent to an activating group) is 1. The van der Waals surface area contributed by atoms with Gasteiger partial charge in [-0.1, -0.05) is 0 Å². The molecule has 1 aromatic rings. The molecule has 0 aliphatic rings. The molecule has 0 bridgehead atoms. The molecule has 0 saturated carbocycles. The van der Waals surface area contributed by atoms with E-state index in [1.54, 1.807) is 0 Å². The third-order valence-corrected chi connectivity index (χ3v) is 2.83. The summed E-state index contributed by atoms with van der Waals surface area (Å²) in [7, 11) is 4.19. The van der Waals surface area contributed by atoms with E-state index in [2.05, 4.69) is 43.4 Å². The zero-order chi connectivity index (χ0) is 9.68. The molecule has 0 aromatic carbocycles. The lowest BCUT2D eigenvalue weighted by molar-refractivity contribution is 0.400. The lowest BCUT2D eigenvalue weighted by Gasteiger charge is -2.09. The van der Waals surface area contributed by atoms with Gasteiger partial charge >= 0.3 is 0 Å². The summed E-state index contributed by atoms with van der Waals surface area (Å²) in [5, 5.41) is 3.42. The number of nitrogens with zero attached hydrogens (tertiary/aromatic N) is 1. The van der Waals surface area contributed by atoms with Crippen LogP contribution in [0.3, 0.4) is 0 Å². The van der Waals surface area contributed by atoms with E-state index in [1.165, 1.54) is 9.75 Å². The summed E-state index contributed by atoms with van der Waals surface area (Å²) in [4.78, 5) is 5.01. The molecular weight excluding hydrogens is 251 g/mol. The van der Waals surface area contributed by atoms with E-state index in [1.807, 2.05) is 11.3 Å². The Hall–Kier alpha value is 0.200. The quantitative estimate of drug-likeness (QED) is 0.828. The number of hydrogen-bond donors (Lipinski definition) is 1. The van der Waals surface area contributed by atoms with Crippen molar-refractivity contribution in [3.63, 3.8) is 0 Å². The summed E-state index contributed by atoms with van der Waals surface area (Å²) in [6.07, 6.45) is 0. The molecule has 1 aromatic heterocycles. The zero-order valence-electron chi connectivity index (χ0n) is 9.45. The third kappa shape index (κ3) is 8.05. The van der Waals surface area contributed by atoms with E-state index in [-0.39, 0.29) is 24.8 Å². The maximum Gasteiger partial charge on any atom is 0.0300 e. The molecule has 1 rings (SSSR count). The SMILES string of the molecule is Cc1ccc(CNCCN(C)C)s1.Cl.Cl. The van der Waals surface area contributed by atoms with Crippen LogP contribution in [0.5, 0.6) is 0 Å². The van der Waals surface area contributed by atoms with Gasteiger partial charge in [0.05, 0.1) is 0 Å². The van der Waals surface area contributed by atoms with Gasteiger partial charge in [-0.05, 0) is 33.2 Å². The number of thiophene rings is 1. The van der Waals surface area contributed by atoms with E-state index in [4.69, 9.17) is 0 Å². The Bertz CT molecular complexity index is 251. The van der Waals surface area contributed by atoms with Gasteiger partial charge in [0.2, 0.25) is 0 Å². The van der Waals surface area contributed by atoms with Gasteiger partial charge in [-0.25, -0.2) is 0 Å². The van der Waals surface area contributed by atoms with Gasteiger partial charge in [-0.15, -0.1) is 36.2 Å². The van der Waals surface area contributed by atoms with Gasteiger partial charge in [0.25, 0.3) is 0 Å². The normalized spacial score (nSPS) is 9.60. The molecule has 1 N–H and O–H groups in total. The Morgan fingerprint density at radius 3 is 2.40 bits per heavy atom. The highest BCUT2D eigenvalue weighted by molar-refractivity contribution is 7.11. The van der Waals surface area contributed by atoms with Crippen LogP contribution < -0.4 is 5.32 Å². The summed E-state index contributed by atoms with van der Waals surface area (Å²) < 4.78 is 0. The smallest absolute Gasteiger partial charge is 0.0300 e. The molecule has 0 radical (unpaired) electrons. The van der Waals surface area contributed by atoms with E-state index in [9.17, 15) is 0 Å². The average molecular weight is 271 g/mol. The van der Waals surface area contributed by atoms with Gasteiger partial charge in [0.1, 0.15) is 0 Å². The molecular formula is C10H20Cl2N2S. The molecule has 15 heavy (non-hydrogen) atoms. The predicted molar refractivity (Wildman–Crippen MR) is 73.8 cm³/mol.